The molecule has 0 radical (unpaired) electrons. The van der Waals surface area contributed by atoms with Gasteiger partial charge in [-0.15, -0.1) is 0 Å². The highest BCUT2D eigenvalue weighted by Gasteiger charge is 2.20. The van der Waals surface area contributed by atoms with Gasteiger partial charge in [-0.2, -0.15) is 0 Å². The number of ether oxygens (including phenoxy) is 1. The van der Waals surface area contributed by atoms with Gasteiger partial charge in [0.15, 0.2) is 0 Å². The highest BCUT2D eigenvalue weighted by Crippen LogP contribution is 1.94. The average Bonchev–Trinajstić information content (AvgIpc) is 2.07. The Kier molecular flexibility index (Phi) is 3.32. The van der Waals surface area contributed by atoms with Gasteiger partial charge < -0.3 is 15.4 Å². The minimum Gasteiger partial charge on any atom is -0.366 e. The molecule has 0 spiro atoms. The molecular formula is C7H14N2O2. The lowest BCUT2D eigenvalue weighted by atomic mass is 10.3. The van der Waals surface area contributed by atoms with Gasteiger partial charge in [0, 0.05) is 19.6 Å². The van der Waals surface area contributed by atoms with Crippen molar-refractivity contribution in [2.45, 2.75) is 13.0 Å². The number of rotatable bonds is 2. The molecule has 1 rings (SSSR count). The summed E-state index contributed by atoms with van der Waals surface area (Å²) in [5.74, 6) is -0.0142. The van der Waals surface area contributed by atoms with Gasteiger partial charge in [0.05, 0.1) is 6.61 Å². The van der Waals surface area contributed by atoms with Crippen LogP contribution in [0.2, 0.25) is 0 Å². The van der Waals surface area contributed by atoms with E-state index in [1.165, 1.54) is 0 Å². The van der Waals surface area contributed by atoms with Crippen LogP contribution in [-0.2, 0) is 9.53 Å². The molecule has 4 nitrogen and oxygen atoms in total. The first kappa shape index (κ1) is 8.49. The van der Waals surface area contributed by atoms with E-state index in [-0.39, 0.29) is 12.0 Å². The summed E-state index contributed by atoms with van der Waals surface area (Å²) in [5.41, 5.74) is 0. The van der Waals surface area contributed by atoms with E-state index in [2.05, 4.69) is 10.6 Å². The summed E-state index contributed by atoms with van der Waals surface area (Å²) in [6.45, 7) is 4.66. The summed E-state index contributed by atoms with van der Waals surface area (Å²) >= 11 is 0. The lowest BCUT2D eigenvalue weighted by molar-refractivity contribution is -0.134. The van der Waals surface area contributed by atoms with Gasteiger partial charge in [0.25, 0.3) is 0 Å². The van der Waals surface area contributed by atoms with Crippen LogP contribution in [0, 0.1) is 0 Å². The number of morpholine rings is 1. The van der Waals surface area contributed by atoms with E-state index in [0.29, 0.717) is 19.7 Å². The third-order valence-electron chi connectivity index (χ3n) is 1.57. The Morgan fingerprint density at radius 1 is 1.82 bits per heavy atom. The number of nitrogens with one attached hydrogen (secondary N) is 2. The summed E-state index contributed by atoms with van der Waals surface area (Å²) in [6, 6.07) is 0. The molecule has 1 heterocycles. The van der Waals surface area contributed by atoms with Crippen LogP contribution in [0.4, 0.5) is 0 Å². The van der Waals surface area contributed by atoms with Crippen LogP contribution < -0.4 is 10.6 Å². The second-order valence-corrected chi connectivity index (χ2v) is 2.46. The predicted octanol–water partition coefficient (Wildman–Crippen LogP) is -0.889. The van der Waals surface area contributed by atoms with Crippen LogP contribution in [0.3, 0.4) is 0 Å². The number of carbonyl (C=O) groups is 1. The van der Waals surface area contributed by atoms with E-state index in [1.807, 2.05) is 6.92 Å². The zero-order chi connectivity index (χ0) is 8.10. The molecule has 0 aliphatic carbocycles. The Morgan fingerprint density at radius 2 is 2.64 bits per heavy atom. The van der Waals surface area contributed by atoms with E-state index < -0.39 is 0 Å². The number of carbonyl (C=O) groups excluding carboxylic acids is 1. The Bertz CT molecular complexity index is 132. The van der Waals surface area contributed by atoms with Crippen molar-refractivity contribution in [3.05, 3.63) is 0 Å². The second kappa shape index (κ2) is 4.31. The molecule has 1 fully saturated rings. The zero-order valence-corrected chi connectivity index (χ0v) is 6.72. The fraction of sp³-hybridized carbons (Fsp3) is 0.857. The van der Waals surface area contributed by atoms with Gasteiger partial charge in [-0.1, -0.05) is 0 Å². The van der Waals surface area contributed by atoms with Crippen molar-refractivity contribution in [3.8, 4) is 0 Å². The van der Waals surface area contributed by atoms with Gasteiger partial charge in [0.2, 0.25) is 5.91 Å². The third-order valence-corrected chi connectivity index (χ3v) is 1.57. The van der Waals surface area contributed by atoms with Crippen molar-refractivity contribution in [1.29, 1.82) is 0 Å². The average molecular weight is 158 g/mol. The van der Waals surface area contributed by atoms with Crippen molar-refractivity contribution < 1.29 is 9.53 Å². The Hall–Kier alpha value is -0.610. The molecule has 0 aromatic heterocycles. The summed E-state index contributed by atoms with van der Waals surface area (Å²) in [4.78, 5) is 11.1. The quantitative estimate of drug-likeness (QED) is 0.548. The van der Waals surface area contributed by atoms with E-state index in [1.54, 1.807) is 0 Å². The molecule has 1 aliphatic rings. The molecule has 1 saturated heterocycles. The molecule has 64 valence electrons. The van der Waals surface area contributed by atoms with Gasteiger partial charge in [-0.3, -0.25) is 4.79 Å². The molecule has 2 N–H and O–H groups in total. The van der Waals surface area contributed by atoms with Crippen molar-refractivity contribution in [2.24, 2.45) is 0 Å². The minimum absolute atomic E-state index is 0.0142. The largest absolute Gasteiger partial charge is 0.366 e. The summed E-state index contributed by atoms with van der Waals surface area (Å²) in [7, 11) is 0. The van der Waals surface area contributed by atoms with Crippen molar-refractivity contribution in [2.75, 3.05) is 26.2 Å². The number of hydrogen-bond donors (Lipinski definition) is 2. The highest BCUT2D eigenvalue weighted by molar-refractivity contribution is 5.81. The van der Waals surface area contributed by atoms with E-state index in [4.69, 9.17) is 4.74 Å². The standard InChI is InChI=1S/C7H14N2O2/c1-2-9-7(10)6-5-8-3-4-11-6/h6,8H,2-5H2,1H3,(H,9,10). The van der Waals surface area contributed by atoms with Crippen molar-refractivity contribution in [1.82, 2.24) is 10.6 Å². The zero-order valence-electron chi connectivity index (χ0n) is 6.72. The fourth-order valence-electron chi connectivity index (χ4n) is 1.02. The maximum absolute atomic E-state index is 11.1. The van der Waals surface area contributed by atoms with Crippen LogP contribution >= 0.6 is 0 Å². The molecule has 11 heavy (non-hydrogen) atoms. The van der Waals surface area contributed by atoms with Gasteiger partial charge in [-0.25, -0.2) is 0 Å². The van der Waals surface area contributed by atoms with Crippen molar-refractivity contribution >= 4 is 5.91 Å². The van der Waals surface area contributed by atoms with Gasteiger partial charge in [0.1, 0.15) is 6.10 Å². The molecule has 0 aromatic rings. The van der Waals surface area contributed by atoms with Crippen LogP contribution in [0.5, 0.6) is 0 Å². The fourth-order valence-corrected chi connectivity index (χ4v) is 1.02. The van der Waals surface area contributed by atoms with Crippen LogP contribution in [-0.4, -0.2) is 38.3 Å². The first-order valence-electron chi connectivity index (χ1n) is 3.94. The molecule has 0 aromatic carbocycles. The Morgan fingerprint density at radius 3 is 3.18 bits per heavy atom. The summed E-state index contributed by atoms with van der Waals surface area (Å²) < 4.78 is 5.22. The molecule has 4 heteroatoms. The monoisotopic (exact) mass is 158 g/mol. The van der Waals surface area contributed by atoms with Gasteiger partial charge >= 0.3 is 0 Å². The third kappa shape index (κ3) is 2.48. The SMILES string of the molecule is CCNC(=O)C1CNCCO1. The lowest BCUT2D eigenvalue weighted by Gasteiger charge is -2.22. The van der Waals surface area contributed by atoms with E-state index >= 15 is 0 Å². The molecule has 0 bridgehead atoms. The molecular weight excluding hydrogens is 144 g/mol. The molecule has 1 atom stereocenters. The maximum Gasteiger partial charge on any atom is 0.250 e. The van der Waals surface area contributed by atoms with Crippen molar-refractivity contribution in [3.63, 3.8) is 0 Å². The van der Waals surface area contributed by atoms with E-state index in [0.717, 1.165) is 6.54 Å². The number of hydrogen-bond acceptors (Lipinski definition) is 3. The molecule has 1 amide bonds. The molecule has 0 saturated carbocycles. The Labute approximate surface area is 66.3 Å². The predicted molar refractivity (Wildman–Crippen MR) is 41.3 cm³/mol. The second-order valence-electron chi connectivity index (χ2n) is 2.46. The number of amides is 1. The van der Waals surface area contributed by atoms with Crippen LogP contribution in [0.25, 0.3) is 0 Å². The summed E-state index contributed by atoms with van der Waals surface area (Å²) in [5, 5.41) is 5.80. The smallest absolute Gasteiger partial charge is 0.250 e. The maximum atomic E-state index is 11.1. The first-order chi connectivity index (χ1) is 5.34. The Balaban J connectivity index is 2.27. The highest BCUT2D eigenvalue weighted by atomic mass is 16.5. The molecule has 1 unspecified atom stereocenters. The topological polar surface area (TPSA) is 50.4 Å². The first-order valence-corrected chi connectivity index (χ1v) is 3.94. The van der Waals surface area contributed by atoms with Gasteiger partial charge in [-0.05, 0) is 6.92 Å². The van der Waals surface area contributed by atoms with Crippen LogP contribution in [0.15, 0.2) is 0 Å². The van der Waals surface area contributed by atoms with Crippen LogP contribution in [0.1, 0.15) is 6.92 Å². The number of likely N-dealkylation sites (N-methyl/N-ethyl adjacent to an activating group) is 1. The summed E-state index contributed by atoms with van der Waals surface area (Å²) in [6.07, 6.45) is -0.288. The molecule has 1 aliphatic heterocycles. The minimum atomic E-state index is -0.288. The van der Waals surface area contributed by atoms with E-state index in [9.17, 15) is 4.79 Å². The normalized spacial score (nSPS) is 24.6. The lowest BCUT2D eigenvalue weighted by Crippen LogP contribution is -2.47.